The summed E-state index contributed by atoms with van der Waals surface area (Å²) in [5.74, 6) is -6.14. The number of benzene rings is 1. The number of unbranched alkanes of at least 4 members (excludes halogenated alkanes) is 1. The molecule has 1 atom stereocenters. The van der Waals surface area contributed by atoms with Crippen LogP contribution in [0.1, 0.15) is 53.8 Å². The van der Waals surface area contributed by atoms with Gasteiger partial charge in [0.25, 0.3) is 5.91 Å². The van der Waals surface area contributed by atoms with Gasteiger partial charge in [0.05, 0.1) is 12.2 Å². The standard InChI is InChI=1S/C22H25F6N5O2/c1-2-3-4-30-20(35)19-17-11-32(5-6-33(17)21(31-19)22(26,27)28)18(34)9-13(29)7-12-8-15(24)16(25)10-14(12)23/h8,10,13H,2-7,9,11,29H2,1H3,(H,30,35). The van der Waals surface area contributed by atoms with Crippen LogP contribution in [-0.2, 0) is 30.5 Å². The molecule has 1 aliphatic heterocycles. The smallest absolute Gasteiger partial charge is 0.351 e. The van der Waals surface area contributed by atoms with E-state index < -0.39 is 53.0 Å². The fraction of sp³-hybridized carbons (Fsp3) is 0.500. The molecular weight excluding hydrogens is 480 g/mol. The molecule has 0 bridgehead atoms. The molecule has 13 heteroatoms. The van der Waals surface area contributed by atoms with Gasteiger partial charge < -0.3 is 20.5 Å². The van der Waals surface area contributed by atoms with E-state index in [1.165, 1.54) is 4.90 Å². The molecule has 1 aromatic carbocycles. The van der Waals surface area contributed by atoms with Crippen molar-refractivity contribution in [3.63, 3.8) is 0 Å². The van der Waals surface area contributed by atoms with Crippen LogP contribution < -0.4 is 11.1 Å². The molecule has 35 heavy (non-hydrogen) atoms. The average Bonchev–Trinajstić information content (AvgIpc) is 3.17. The summed E-state index contributed by atoms with van der Waals surface area (Å²) in [6.45, 7) is 1.53. The number of aromatic nitrogens is 2. The van der Waals surface area contributed by atoms with Crippen LogP contribution in [0.4, 0.5) is 26.3 Å². The molecule has 0 radical (unpaired) electrons. The molecule has 2 aromatic rings. The maximum absolute atomic E-state index is 13.9. The Morgan fingerprint density at radius 3 is 2.49 bits per heavy atom. The summed E-state index contributed by atoms with van der Waals surface area (Å²) in [5, 5.41) is 2.53. The minimum atomic E-state index is -4.79. The Labute approximate surface area is 197 Å². The van der Waals surface area contributed by atoms with E-state index in [2.05, 4.69) is 10.3 Å². The van der Waals surface area contributed by atoms with E-state index in [-0.39, 0.29) is 50.3 Å². The quantitative estimate of drug-likeness (QED) is 0.328. The van der Waals surface area contributed by atoms with Gasteiger partial charge in [0, 0.05) is 38.2 Å². The summed E-state index contributed by atoms with van der Waals surface area (Å²) in [5.41, 5.74) is 5.25. The lowest BCUT2D eigenvalue weighted by Gasteiger charge is -2.30. The molecule has 192 valence electrons. The first-order valence-corrected chi connectivity index (χ1v) is 11.0. The molecule has 0 aliphatic carbocycles. The van der Waals surface area contributed by atoms with E-state index in [1.54, 1.807) is 0 Å². The van der Waals surface area contributed by atoms with Gasteiger partial charge in [-0.3, -0.25) is 9.59 Å². The number of fused-ring (bicyclic) bond motifs is 1. The van der Waals surface area contributed by atoms with Crippen molar-refractivity contribution in [2.45, 2.75) is 57.9 Å². The van der Waals surface area contributed by atoms with Crippen LogP contribution in [0.25, 0.3) is 0 Å². The summed E-state index contributed by atoms with van der Waals surface area (Å²) in [6, 6.07) is 0.0867. The number of carbonyl (C=O) groups is 2. The van der Waals surface area contributed by atoms with Gasteiger partial charge in [-0.25, -0.2) is 18.2 Å². The van der Waals surface area contributed by atoms with E-state index in [9.17, 15) is 35.9 Å². The van der Waals surface area contributed by atoms with Crippen molar-refractivity contribution in [2.24, 2.45) is 5.73 Å². The highest BCUT2D eigenvalue weighted by molar-refractivity contribution is 5.93. The highest BCUT2D eigenvalue weighted by atomic mass is 19.4. The molecule has 2 heterocycles. The minimum absolute atomic E-state index is 0.0499. The summed E-state index contributed by atoms with van der Waals surface area (Å²) in [7, 11) is 0. The van der Waals surface area contributed by atoms with Gasteiger partial charge in [-0.15, -0.1) is 0 Å². The largest absolute Gasteiger partial charge is 0.449 e. The fourth-order valence-corrected chi connectivity index (χ4v) is 3.87. The molecule has 0 fully saturated rings. The van der Waals surface area contributed by atoms with Crippen LogP contribution in [0.5, 0.6) is 0 Å². The van der Waals surface area contributed by atoms with Crippen LogP contribution >= 0.6 is 0 Å². The number of amides is 2. The molecule has 1 aliphatic rings. The molecule has 0 saturated heterocycles. The van der Waals surface area contributed by atoms with Gasteiger partial charge in [0.1, 0.15) is 5.82 Å². The molecule has 1 aromatic heterocycles. The zero-order valence-electron chi connectivity index (χ0n) is 18.9. The number of nitrogens with zero attached hydrogens (tertiary/aromatic N) is 3. The summed E-state index contributed by atoms with van der Waals surface area (Å²) in [4.78, 5) is 30.0. The van der Waals surface area contributed by atoms with Crippen LogP contribution in [0.3, 0.4) is 0 Å². The Hall–Kier alpha value is -3.09. The Kier molecular flexibility index (Phi) is 8.08. The predicted octanol–water partition coefficient (Wildman–Crippen LogP) is 3.15. The number of imidazole rings is 1. The van der Waals surface area contributed by atoms with Crippen LogP contribution in [0.2, 0.25) is 0 Å². The third kappa shape index (κ3) is 6.13. The Morgan fingerprint density at radius 2 is 1.83 bits per heavy atom. The molecule has 3 rings (SSSR count). The first-order chi connectivity index (χ1) is 16.4. The van der Waals surface area contributed by atoms with Crippen LogP contribution in [0.15, 0.2) is 12.1 Å². The maximum atomic E-state index is 13.9. The number of hydrogen-bond acceptors (Lipinski definition) is 4. The summed E-state index contributed by atoms with van der Waals surface area (Å²) < 4.78 is 81.7. The SMILES string of the molecule is CCCCNC(=O)c1nc(C(F)(F)F)n2c1CN(C(=O)CC(N)Cc1cc(F)c(F)cc1F)CC2. The number of nitrogens with two attached hydrogens (primary N) is 1. The van der Waals surface area contributed by atoms with Crippen molar-refractivity contribution in [2.75, 3.05) is 13.1 Å². The zero-order valence-corrected chi connectivity index (χ0v) is 18.9. The number of nitrogens with one attached hydrogen (secondary N) is 1. The predicted molar refractivity (Wildman–Crippen MR) is 112 cm³/mol. The van der Waals surface area contributed by atoms with Crippen LogP contribution in [-0.4, -0.2) is 45.4 Å². The van der Waals surface area contributed by atoms with Gasteiger partial charge >= 0.3 is 6.18 Å². The van der Waals surface area contributed by atoms with E-state index in [0.29, 0.717) is 18.6 Å². The number of hydrogen-bond donors (Lipinski definition) is 2. The zero-order chi connectivity index (χ0) is 25.9. The molecule has 0 spiro atoms. The van der Waals surface area contributed by atoms with Crippen molar-refractivity contribution in [3.05, 3.63) is 52.4 Å². The van der Waals surface area contributed by atoms with Crippen LogP contribution in [0, 0.1) is 17.5 Å². The van der Waals surface area contributed by atoms with Crippen molar-refractivity contribution in [1.82, 2.24) is 19.8 Å². The Bertz CT molecular complexity index is 1100. The summed E-state index contributed by atoms with van der Waals surface area (Å²) >= 11 is 0. The normalized spacial score (nSPS) is 14.6. The monoisotopic (exact) mass is 505 g/mol. The molecule has 2 amide bonds. The highest BCUT2D eigenvalue weighted by Crippen LogP contribution is 2.32. The molecular formula is C22H25F6N5O2. The fourth-order valence-electron chi connectivity index (χ4n) is 3.87. The molecule has 7 nitrogen and oxygen atoms in total. The number of halogens is 6. The topological polar surface area (TPSA) is 93.2 Å². The molecule has 3 N–H and O–H groups in total. The van der Waals surface area contributed by atoms with Crippen molar-refractivity contribution >= 4 is 11.8 Å². The van der Waals surface area contributed by atoms with E-state index in [0.717, 1.165) is 11.0 Å². The maximum Gasteiger partial charge on any atom is 0.449 e. The summed E-state index contributed by atoms with van der Waals surface area (Å²) in [6.07, 6.45) is -3.97. The number of rotatable bonds is 8. The van der Waals surface area contributed by atoms with Gasteiger partial charge in [-0.1, -0.05) is 13.3 Å². The Morgan fingerprint density at radius 1 is 1.14 bits per heavy atom. The van der Waals surface area contributed by atoms with E-state index in [4.69, 9.17) is 5.73 Å². The lowest BCUT2D eigenvalue weighted by Crippen LogP contribution is -2.42. The lowest BCUT2D eigenvalue weighted by atomic mass is 10.0. The third-order valence-electron chi connectivity index (χ3n) is 5.65. The highest BCUT2D eigenvalue weighted by Gasteiger charge is 2.41. The van der Waals surface area contributed by atoms with E-state index >= 15 is 0 Å². The number of carbonyl (C=O) groups excluding carboxylic acids is 2. The second-order valence-electron chi connectivity index (χ2n) is 8.33. The average molecular weight is 505 g/mol. The van der Waals surface area contributed by atoms with Crippen molar-refractivity contribution < 1.29 is 35.9 Å². The van der Waals surface area contributed by atoms with Gasteiger partial charge in [0.15, 0.2) is 17.3 Å². The lowest BCUT2D eigenvalue weighted by molar-refractivity contribution is -0.148. The third-order valence-corrected chi connectivity index (χ3v) is 5.65. The van der Waals surface area contributed by atoms with E-state index in [1.807, 2.05) is 6.92 Å². The van der Waals surface area contributed by atoms with Gasteiger partial charge in [-0.2, -0.15) is 13.2 Å². The minimum Gasteiger partial charge on any atom is -0.351 e. The van der Waals surface area contributed by atoms with Gasteiger partial charge in [0.2, 0.25) is 11.7 Å². The first-order valence-electron chi connectivity index (χ1n) is 11.0. The first kappa shape index (κ1) is 26.5. The van der Waals surface area contributed by atoms with Crippen molar-refractivity contribution in [3.8, 4) is 0 Å². The van der Waals surface area contributed by atoms with Gasteiger partial charge in [-0.05, 0) is 24.5 Å². The number of alkyl halides is 3. The molecule has 1 unspecified atom stereocenters. The van der Waals surface area contributed by atoms with Crippen molar-refractivity contribution in [1.29, 1.82) is 0 Å². The molecule has 0 saturated carbocycles. The Balaban J connectivity index is 1.74. The second kappa shape index (κ2) is 10.7. The second-order valence-corrected chi connectivity index (χ2v) is 8.33.